The Hall–Kier alpha value is -1.40. The Morgan fingerprint density at radius 3 is 2.67 bits per heavy atom. The molecular weight excluding hydrogens is 292 g/mol. The van der Waals surface area contributed by atoms with Crippen molar-refractivity contribution >= 4 is 15.8 Å². The number of carbonyl (C=O) groups is 1. The van der Waals surface area contributed by atoms with Crippen molar-refractivity contribution in [3.8, 4) is 0 Å². The molecule has 5 nitrogen and oxygen atoms in total. The monoisotopic (exact) mass is 312 g/mol. The van der Waals surface area contributed by atoms with E-state index in [2.05, 4.69) is 4.74 Å². The third-order valence-corrected chi connectivity index (χ3v) is 5.15. The number of rotatable bonds is 6. The number of methoxy groups -OCH3 is 1. The fourth-order valence-electron chi connectivity index (χ4n) is 2.45. The molecule has 2 rings (SSSR count). The van der Waals surface area contributed by atoms with Crippen LogP contribution < -0.4 is 0 Å². The summed E-state index contributed by atoms with van der Waals surface area (Å²) in [4.78, 5) is 11.4. The van der Waals surface area contributed by atoms with E-state index in [9.17, 15) is 13.2 Å². The van der Waals surface area contributed by atoms with Crippen molar-refractivity contribution in [3.63, 3.8) is 0 Å². The van der Waals surface area contributed by atoms with Crippen molar-refractivity contribution in [3.05, 3.63) is 35.4 Å². The van der Waals surface area contributed by atoms with Gasteiger partial charge in [0.25, 0.3) is 0 Å². The van der Waals surface area contributed by atoms with E-state index >= 15 is 0 Å². The van der Waals surface area contributed by atoms with Gasteiger partial charge >= 0.3 is 5.97 Å². The number of benzene rings is 1. The highest BCUT2D eigenvalue weighted by Crippen LogP contribution is 2.19. The molecule has 0 spiro atoms. The van der Waals surface area contributed by atoms with Crippen molar-refractivity contribution in [2.75, 3.05) is 19.5 Å². The Bertz CT molecular complexity index is 588. The molecule has 1 aromatic rings. The molecular formula is C15H20O5S. The number of hydrogen-bond acceptors (Lipinski definition) is 5. The third kappa shape index (κ3) is 4.82. The molecule has 0 aromatic heterocycles. The van der Waals surface area contributed by atoms with Gasteiger partial charge in [-0.1, -0.05) is 24.3 Å². The molecule has 1 unspecified atom stereocenters. The number of hydrogen-bond donors (Lipinski definition) is 0. The predicted octanol–water partition coefficient (Wildman–Crippen LogP) is 1.50. The van der Waals surface area contributed by atoms with Crippen molar-refractivity contribution < 1.29 is 22.7 Å². The number of sulfone groups is 1. The van der Waals surface area contributed by atoms with Crippen LogP contribution in [0.5, 0.6) is 0 Å². The lowest BCUT2D eigenvalue weighted by Crippen LogP contribution is -2.22. The lowest BCUT2D eigenvalue weighted by molar-refractivity contribution is -0.139. The fourth-order valence-corrected chi connectivity index (χ4v) is 4.16. The Kier molecular flexibility index (Phi) is 5.36. The van der Waals surface area contributed by atoms with Crippen LogP contribution in [0.15, 0.2) is 24.3 Å². The highest BCUT2D eigenvalue weighted by Gasteiger charge is 2.24. The quantitative estimate of drug-likeness (QED) is 0.745. The van der Waals surface area contributed by atoms with E-state index in [0.717, 1.165) is 12.8 Å². The molecule has 6 heteroatoms. The van der Waals surface area contributed by atoms with Crippen LogP contribution in [0.3, 0.4) is 0 Å². The summed E-state index contributed by atoms with van der Waals surface area (Å²) in [7, 11) is -1.94. The summed E-state index contributed by atoms with van der Waals surface area (Å²) in [5.74, 6) is -0.404. The van der Waals surface area contributed by atoms with Gasteiger partial charge in [0.1, 0.15) is 0 Å². The lowest BCUT2D eigenvalue weighted by Gasteiger charge is -2.12. The smallest absolute Gasteiger partial charge is 0.309 e. The first-order chi connectivity index (χ1) is 10.00. The van der Waals surface area contributed by atoms with E-state index in [1.165, 1.54) is 7.11 Å². The SMILES string of the molecule is COC(=O)Cc1ccccc1CS(=O)(=O)CC1CCCO1. The van der Waals surface area contributed by atoms with Crippen LogP contribution in [0.4, 0.5) is 0 Å². The maximum absolute atomic E-state index is 12.3. The molecule has 1 aliphatic rings. The van der Waals surface area contributed by atoms with Gasteiger partial charge in [-0.15, -0.1) is 0 Å². The van der Waals surface area contributed by atoms with E-state index in [4.69, 9.17) is 4.74 Å². The second-order valence-electron chi connectivity index (χ2n) is 5.21. The molecule has 1 heterocycles. The van der Waals surface area contributed by atoms with Crippen LogP contribution in [-0.2, 0) is 36.3 Å². The molecule has 1 fully saturated rings. The number of esters is 1. The Morgan fingerprint density at radius 1 is 1.33 bits per heavy atom. The number of ether oxygens (including phenoxy) is 2. The van der Waals surface area contributed by atoms with E-state index in [1.54, 1.807) is 24.3 Å². The molecule has 1 saturated heterocycles. The maximum Gasteiger partial charge on any atom is 0.309 e. The van der Waals surface area contributed by atoms with Crippen LogP contribution in [0.1, 0.15) is 24.0 Å². The highest BCUT2D eigenvalue weighted by molar-refractivity contribution is 7.90. The highest BCUT2D eigenvalue weighted by atomic mass is 32.2. The van der Waals surface area contributed by atoms with Crippen molar-refractivity contribution in [2.45, 2.75) is 31.1 Å². The molecule has 0 radical (unpaired) electrons. The Labute approximate surface area is 125 Å². The minimum Gasteiger partial charge on any atom is -0.469 e. The first-order valence-electron chi connectivity index (χ1n) is 6.96. The van der Waals surface area contributed by atoms with Crippen molar-refractivity contribution in [1.29, 1.82) is 0 Å². The molecule has 0 saturated carbocycles. The molecule has 116 valence electrons. The largest absolute Gasteiger partial charge is 0.469 e. The van der Waals surface area contributed by atoms with Crippen LogP contribution in [0.25, 0.3) is 0 Å². The molecule has 0 aliphatic carbocycles. The fraction of sp³-hybridized carbons (Fsp3) is 0.533. The summed E-state index contributed by atoms with van der Waals surface area (Å²) in [6.45, 7) is 0.638. The first kappa shape index (κ1) is 16.0. The van der Waals surface area contributed by atoms with Crippen LogP contribution in [0, 0.1) is 0 Å². The van der Waals surface area contributed by atoms with Gasteiger partial charge in [0.2, 0.25) is 0 Å². The van der Waals surface area contributed by atoms with Crippen LogP contribution in [-0.4, -0.2) is 40.0 Å². The Balaban J connectivity index is 2.09. The van der Waals surface area contributed by atoms with Gasteiger partial charge in [0, 0.05) is 6.61 Å². The molecule has 0 N–H and O–H groups in total. The van der Waals surface area contributed by atoms with Crippen LogP contribution >= 0.6 is 0 Å². The van der Waals surface area contributed by atoms with E-state index in [-0.39, 0.29) is 30.0 Å². The Morgan fingerprint density at radius 2 is 2.05 bits per heavy atom. The van der Waals surface area contributed by atoms with Gasteiger partial charge in [-0.3, -0.25) is 4.79 Å². The molecule has 1 atom stereocenters. The third-order valence-electron chi connectivity index (χ3n) is 3.52. The summed E-state index contributed by atoms with van der Waals surface area (Å²) in [6.07, 6.45) is 1.60. The summed E-state index contributed by atoms with van der Waals surface area (Å²) in [6, 6.07) is 7.06. The predicted molar refractivity (Wildman–Crippen MR) is 78.6 cm³/mol. The lowest BCUT2D eigenvalue weighted by atomic mass is 10.1. The summed E-state index contributed by atoms with van der Waals surface area (Å²) in [5.41, 5.74) is 1.35. The standard InChI is InChI=1S/C15H20O5S/c1-19-15(16)9-12-5-2-3-6-13(12)10-21(17,18)11-14-7-4-8-20-14/h2-3,5-6,14H,4,7-11H2,1H3. The van der Waals surface area contributed by atoms with Gasteiger partial charge < -0.3 is 9.47 Å². The average Bonchev–Trinajstić information content (AvgIpc) is 2.92. The van der Waals surface area contributed by atoms with Crippen molar-refractivity contribution in [2.24, 2.45) is 0 Å². The van der Waals surface area contributed by atoms with Crippen LogP contribution in [0.2, 0.25) is 0 Å². The second kappa shape index (κ2) is 7.04. The van der Waals surface area contributed by atoms with Gasteiger partial charge in [0.05, 0.1) is 31.1 Å². The summed E-state index contributed by atoms with van der Waals surface area (Å²) in [5, 5.41) is 0. The molecule has 0 bridgehead atoms. The minimum absolute atomic E-state index is 0.0412. The first-order valence-corrected chi connectivity index (χ1v) is 8.78. The zero-order valence-corrected chi connectivity index (χ0v) is 12.9. The zero-order chi connectivity index (χ0) is 15.3. The second-order valence-corrected chi connectivity index (χ2v) is 7.32. The van der Waals surface area contributed by atoms with Gasteiger partial charge in [-0.05, 0) is 24.0 Å². The van der Waals surface area contributed by atoms with E-state index in [0.29, 0.717) is 17.7 Å². The van der Waals surface area contributed by atoms with Gasteiger partial charge in [-0.25, -0.2) is 8.42 Å². The molecule has 1 aromatic carbocycles. The van der Waals surface area contributed by atoms with Gasteiger partial charge in [0.15, 0.2) is 9.84 Å². The van der Waals surface area contributed by atoms with Gasteiger partial charge in [-0.2, -0.15) is 0 Å². The minimum atomic E-state index is -3.26. The topological polar surface area (TPSA) is 69.7 Å². The number of carbonyl (C=O) groups excluding carboxylic acids is 1. The normalized spacial score (nSPS) is 18.6. The summed E-state index contributed by atoms with van der Waals surface area (Å²) < 4.78 is 34.6. The van der Waals surface area contributed by atoms with E-state index < -0.39 is 9.84 Å². The molecule has 21 heavy (non-hydrogen) atoms. The average molecular weight is 312 g/mol. The van der Waals surface area contributed by atoms with E-state index in [1.807, 2.05) is 0 Å². The maximum atomic E-state index is 12.3. The summed E-state index contributed by atoms with van der Waals surface area (Å²) >= 11 is 0. The van der Waals surface area contributed by atoms with Crippen molar-refractivity contribution in [1.82, 2.24) is 0 Å². The zero-order valence-electron chi connectivity index (χ0n) is 12.1. The molecule has 1 aliphatic heterocycles. The molecule has 0 amide bonds.